The van der Waals surface area contributed by atoms with Crippen molar-refractivity contribution in [2.75, 3.05) is 29.5 Å². The molecular weight excluding hydrogens is 282 g/mol. The molecule has 22 heavy (non-hydrogen) atoms. The van der Waals surface area contributed by atoms with Gasteiger partial charge in [0.25, 0.3) is 0 Å². The first kappa shape index (κ1) is 15.6. The molecule has 0 unspecified atom stereocenters. The summed E-state index contributed by atoms with van der Waals surface area (Å²) in [6.45, 7) is 4.77. The smallest absolute Gasteiger partial charge is 0.338 e. The lowest BCUT2D eigenvalue weighted by Crippen LogP contribution is -2.08. The summed E-state index contributed by atoms with van der Waals surface area (Å²) in [4.78, 5) is 19.9. The quantitative estimate of drug-likeness (QED) is 0.704. The van der Waals surface area contributed by atoms with E-state index in [0.717, 1.165) is 0 Å². The summed E-state index contributed by atoms with van der Waals surface area (Å²) in [6, 6.07) is 6.96. The average molecular weight is 301 g/mol. The molecule has 0 saturated carbocycles. The van der Waals surface area contributed by atoms with Gasteiger partial charge in [0, 0.05) is 12.2 Å². The summed E-state index contributed by atoms with van der Waals surface area (Å²) < 4.78 is 4.98. The number of hydrogen-bond donors (Lipinski definition) is 3. The Kier molecular flexibility index (Phi) is 5.13. The minimum absolute atomic E-state index is 0.335. The molecule has 0 bridgehead atoms. The fraction of sp³-hybridized carbons (Fsp3) is 0.267. The number of benzene rings is 1. The van der Waals surface area contributed by atoms with E-state index in [1.807, 2.05) is 13.0 Å². The Bertz CT molecular complexity index is 660. The zero-order valence-electron chi connectivity index (χ0n) is 12.6. The number of nitrogens with two attached hydrogens (primary N) is 1. The van der Waals surface area contributed by atoms with Gasteiger partial charge in [0.1, 0.15) is 12.0 Å². The molecule has 0 atom stereocenters. The molecule has 0 fully saturated rings. The number of aromatic nitrogens is 2. The monoisotopic (exact) mass is 301 g/mol. The maximum absolute atomic E-state index is 11.7. The zero-order chi connectivity index (χ0) is 15.9. The number of nitrogens with one attached hydrogen (secondary N) is 2. The van der Waals surface area contributed by atoms with Crippen molar-refractivity contribution in [1.29, 1.82) is 0 Å². The van der Waals surface area contributed by atoms with E-state index in [-0.39, 0.29) is 5.97 Å². The summed E-state index contributed by atoms with van der Waals surface area (Å²) in [5.41, 5.74) is 7.60. The Morgan fingerprint density at radius 1 is 1.27 bits per heavy atom. The summed E-state index contributed by atoms with van der Waals surface area (Å²) in [6.07, 6.45) is 1.42. The molecule has 0 amide bonds. The van der Waals surface area contributed by atoms with Crippen LogP contribution in [-0.2, 0) is 4.74 Å². The van der Waals surface area contributed by atoms with E-state index in [0.29, 0.717) is 41.7 Å². The van der Waals surface area contributed by atoms with Crippen LogP contribution < -0.4 is 16.4 Å². The molecule has 2 aromatic rings. The van der Waals surface area contributed by atoms with Crippen LogP contribution in [0.2, 0.25) is 0 Å². The van der Waals surface area contributed by atoms with E-state index in [1.54, 1.807) is 25.1 Å². The second-order valence-corrected chi connectivity index (χ2v) is 4.44. The van der Waals surface area contributed by atoms with Gasteiger partial charge in [-0.25, -0.2) is 14.8 Å². The number of esters is 1. The van der Waals surface area contributed by atoms with Gasteiger partial charge >= 0.3 is 5.97 Å². The second-order valence-electron chi connectivity index (χ2n) is 4.44. The minimum Gasteiger partial charge on any atom is -0.462 e. The number of carbonyl (C=O) groups excluding carboxylic acids is 1. The molecule has 2 rings (SSSR count). The van der Waals surface area contributed by atoms with Crippen LogP contribution in [0.4, 0.5) is 23.0 Å². The lowest BCUT2D eigenvalue weighted by atomic mass is 10.2. The molecule has 0 aliphatic rings. The van der Waals surface area contributed by atoms with E-state index >= 15 is 0 Å². The maximum atomic E-state index is 11.7. The Morgan fingerprint density at radius 2 is 2.05 bits per heavy atom. The van der Waals surface area contributed by atoms with E-state index in [1.165, 1.54) is 6.33 Å². The topological polar surface area (TPSA) is 102 Å². The van der Waals surface area contributed by atoms with Crippen molar-refractivity contribution in [1.82, 2.24) is 9.97 Å². The van der Waals surface area contributed by atoms with Crippen molar-refractivity contribution >= 4 is 29.0 Å². The third-order valence-corrected chi connectivity index (χ3v) is 2.86. The van der Waals surface area contributed by atoms with E-state index in [2.05, 4.69) is 20.6 Å². The zero-order valence-corrected chi connectivity index (χ0v) is 12.6. The van der Waals surface area contributed by atoms with Gasteiger partial charge in [0.2, 0.25) is 0 Å². The SMILES string of the molecule is CCNc1ncnc(Nc2cccc(C(=O)OCC)c2)c1N. The van der Waals surface area contributed by atoms with Crippen LogP contribution in [0.5, 0.6) is 0 Å². The van der Waals surface area contributed by atoms with Crippen LogP contribution in [-0.4, -0.2) is 29.1 Å². The summed E-state index contributed by atoms with van der Waals surface area (Å²) in [5.74, 6) is 0.684. The van der Waals surface area contributed by atoms with E-state index in [9.17, 15) is 4.79 Å². The number of ether oxygens (including phenoxy) is 1. The van der Waals surface area contributed by atoms with E-state index < -0.39 is 0 Å². The fourth-order valence-electron chi connectivity index (χ4n) is 1.88. The molecule has 7 heteroatoms. The molecule has 116 valence electrons. The Balaban J connectivity index is 2.22. The van der Waals surface area contributed by atoms with Gasteiger partial charge in [-0.05, 0) is 32.0 Å². The fourth-order valence-corrected chi connectivity index (χ4v) is 1.88. The van der Waals surface area contributed by atoms with Crippen molar-refractivity contribution in [2.24, 2.45) is 0 Å². The molecule has 0 aliphatic heterocycles. The van der Waals surface area contributed by atoms with Crippen LogP contribution in [0.25, 0.3) is 0 Å². The molecule has 0 radical (unpaired) electrons. The highest BCUT2D eigenvalue weighted by molar-refractivity contribution is 5.91. The molecule has 1 heterocycles. The summed E-state index contributed by atoms with van der Waals surface area (Å²) in [5, 5.41) is 6.14. The first-order chi connectivity index (χ1) is 10.7. The van der Waals surface area contributed by atoms with Crippen molar-refractivity contribution in [2.45, 2.75) is 13.8 Å². The van der Waals surface area contributed by atoms with Gasteiger partial charge in [0.15, 0.2) is 11.6 Å². The Morgan fingerprint density at radius 3 is 2.77 bits per heavy atom. The van der Waals surface area contributed by atoms with Crippen LogP contribution >= 0.6 is 0 Å². The molecule has 7 nitrogen and oxygen atoms in total. The van der Waals surface area contributed by atoms with Gasteiger partial charge in [0.05, 0.1) is 12.2 Å². The molecular formula is C15H19N5O2. The first-order valence-electron chi connectivity index (χ1n) is 7.04. The first-order valence-corrected chi connectivity index (χ1v) is 7.04. The molecule has 1 aromatic carbocycles. The maximum Gasteiger partial charge on any atom is 0.338 e. The predicted octanol–water partition coefficient (Wildman–Crippen LogP) is 2.41. The van der Waals surface area contributed by atoms with Crippen LogP contribution in [0.3, 0.4) is 0 Å². The van der Waals surface area contributed by atoms with Gasteiger partial charge in [-0.15, -0.1) is 0 Å². The van der Waals surface area contributed by atoms with Crippen LogP contribution in [0.15, 0.2) is 30.6 Å². The summed E-state index contributed by atoms with van der Waals surface area (Å²) in [7, 11) is 0. The highest BCUT2D eigenvalue weighted by Crippen LogP contribution is 2.26. The van der Waals surface area contributed by atoms with Gasteiger partial charge < -0.3 is 21.1 Å². The molecule has 1 aromatic heterocycles. The van der Waals surface area contributed by atoms with E-state index in [4.69, 9.17) is 10.5 Å². The van der Waals surface area contributed by atoms with Crippen LogP contribution in [0.1, 0.15) is 24.2 Å². The number of nitrogen functional groups attached to an aromatic ring is 1. The highest BCUT2D eigenvalue weighted by Gasteiger charge is 2.10. The molecule has 0 saturated heterocycles. The van der Waals surface area contributed by atoms with Crippen LogP contribution in [0, 0.1) is 0 Å². The lowest BCUT2D eigenvalue weighted by molar-refractivity contribution is 0.0526. The standard InChI is InChI=1S/C15H19N5O2/c1-3-17-13-12(16)14(19-9-18-13)20-11-7-5-6-10(8-11)15(21)22-4-2/h5-9H,3-4,16H2,1-2H3,(H2,17,18,19,20). The summed E-state index contributed by atoms with van der Waals surface area (Å²) >= 11 is 0. The minimum atomic E-state index is -0.366. The number of hydrogen-bond acceptors (Lipinski definition) is 7. The lowest BCUT2D eigenvalue weighted by Gasteiger charge is -2.12. The number of anilines is 4. The van der Waals surface area contributed by atoms with Crippen molar-refractivity contribution in [3.63, 3.8) is 0 Å². The van der Waals surface area contributed by atoms with Gasteiger partial charge in [-0.2, -0.15) is 0 Å². The van der Waals surface area contributed by atoms with Gasteiger partial charge in [-0.3, -0.25) is 0 Å². The number of carbonyl (C=O) groups is 1. The molecule has 0 spiro atoms. The van der Waals surface area contributed by atoms with Crippen molar-refractivity contribution < 1.29 is 9.53 Å². The number of rotatable bonds is 6. The van der Waals surface area contributed by atoms with Gasteiger partial charge in [-0.1, -0.05) is 6.07 Å². The average Bonchev–Trinajstić information content (AvgIpc) is 2.52. The predicted molar refractivity (Wildman–Crippen MR) is 86.3 cm³/mol. The van der Waals surface area contributed by atoms with Crippen molar-refractivity contribution in [3.05, 3.63) is 36.2 Å². The highest BCUT2D eigenvalue weighted by atomic mass is 16.5. The van der Waals surface area contributed by atoms with Crippen molar-refractivity contribution in [3.8, 4) is 0 Å². The Hall–Kier alpha value is -2.83. The molecule has 0 aliphatic carbocycles. The molecule has 4 N–H and O–H groups in total. The second kappa shape index (κ2) is 7.26. The third kappa shape index (κ3) is 3.63. The Labute approximate surface area is 128 Å². The normalized spacial score (nSPS) is 10.1. The largest absolute Gasteiger partial charge is 0.462 e. The third-order valence-electron chi connectivity index (χ3n) is 2.86. The number of nitrogens with zero attached hydrogens (tertiary/aromatic N) is 2.